The third kappa shape index (κ3) is 2.37. The van der Waals surface area contributed by atoms with Gasteiger partial charge in [-0.1, -0.05) is 11.6 Å². The van der Waals surface area contributed by atoms with Crippen LogP contribution >= 0.6 is 27.5 Å². The molecule has 1 amide bonds. The van der Waals surface area contributed by atoms with Crippen LogP contribution in [0.25, 0.3) is 0 Å². The fraction of sp³-hybridized carbons (Fsp3) is 0.0833. The van der Waals surface area contributed by atoms with Gasteiger partial charge in [-0.3, -0.25) is 4.79 Å². The number of hydrogen-bond donors (Lipinski definition) is 1. The minimum Gasteiger partial charge on any atom is -0.457 e. The van der Waals surface area contributed by atoms with Crippen molar-refractivity contribution in [3.05, 3.63) is 45.8 Å². The van der Waals surface area contributed by atoms with Crippen molar-refractivity contribution in [1.29, 1.82) is 0 Å². The number of hydrogen-bond acceptors (Lipinski definition) is 3. The largest absolute Gasteiger partial charge is 0.457 e. The first-order valence-corrected chi connectivity index (χ1v) is 6.24. The van der Waals surface area contributed by atoms with Gasteiger partial charge in [0.15, 0.2) is 4.67 Å². The molecule has 1 heterocycles. The average Bonchev–Trinajstić information content (AvgIpc) is 2.77. The summed E-state index contributed by atoms with van der Waals surface area (Å²) in [6.07, 6.45) is 1.44. The Morgan fingerprint density at radius 2 is 2.17 bits per heavy atom. The van der Waals surface area contributed by atoms with Crippen LogP contribution in [-0.4, -0.2) is 13.0 Å². The molecule has 0 atom stereocenters. The Kier molecular flexibility index (Phi) is 3.63. The highest BCUT2D eigenvalue weighted by Gasteiger charge is 2.19. The summed E-state index contributed by atoms with van der Waals surface area (Å²) in [5.41, 5.74) is 7.30. The SMILES string of the molecule is CN(C(=O)c1ccoc1Br)c1cc(Cl)ccc1N. The molecular formula is C12H10BrClN2O2. The first-order chi connectivity index (χ1) is 8.50. The van der Waals surface area contributed by atoms with Gasteiger partial charge >= 0.3 is 0 Å². The van der Waals surface area contributed by atoms with Crippen LogP contribution in [0.4, 0.5) is 11.4 Å². The number of carbonyl (C=O) groups is 1. The van der Waals surface area contributed by atoms with Gasteiger partial charge in [-0.2, -0.15) is 0 Å². The molecular weight excluding hydrogens is 320 g/mol. The Morgan fingerprint density at radius 3 is 2.78 bits per heavy atom. The fourth-order valence-electron chi connectivity index (χ4n) is 1.54. The summed E-state index contributed by atoms with van der Waals surface area (Å²) in [5.74, 6) is -0.232. The van der Waals surface area contributed by atoms with E-state index in [4.69, 9.17) is 21.8 Å². The second kappa shape index (κ2) is 5.04. The van der Waals surface area contributed by atoms with E-state index in [-0.39, 0.29) is 5.91 Å². The number of nitrogen functional groups attached to an aromatic ring is 1. The number of halogens is 2. The lowest BCUT2D eigenvalue weighted by Crippen LogP contribution is -2.26. The molecule has 0 radical (unpaired) electrons. The summed E-state index contributed by atoms with van der Waals surface area (Å²) >= 11 is 9.07. The van der Waals surface area contributed by atoms with Crippen LogP contribution in [0.15, 0.2) is 39.6 Å². The van der Waals surface area contributed by atoms with Gasteiger partial charge in [-0.05, 0) is 40.2 Å². The predicted molar refractivity (Wildman–Crippen MR) is 75.0 cm³/mol. The maximum atomic E-state index is 12.2. The molecule has 0 aliphatic carbocycles. The first-order valence-electron chi connectivity index (χ1n) is 5.07. The lowest BCUT2D eigenvalue weighted by Gasteiger charge is -2.18. The van der Waals surface area contributed by atoms with Crippen LogP contribution in [0.3, 0.4) is 0 Å². The molecule has 0 saturated carbocycles. The summed E-state index contributed by atoms with van der Waals surface area (Å²) in [4.78, 5) is 13.7. The van der Waals surface area contributed by atoms with Crippen molar-refractivity contribution in [3.63, 3.8) is 0 Å². The van der Waals surface area contributed by atoms with Crippen molar-refractivity contribution >= 4 is 44.8 Å². The van der Waals surface area contributed by atoms with Gasteiger partial charge in [-0.25, -0.2) is 0 Å². The number of furan rings is 1. The molecule has 0 fully saturated rings. The topological polar surface area (TPSA) is 59.5 Å². The second-order valence-corrected chi connectivity index (χ2v) is 4.83. The number of nitrogens with two attached hydrogens (primary N) is 1. The van der Waals surface area contributed by atoms with Crippen molar-refractivity contribution in [3.8, 4) is 0 Å². The van der Waals surface area contributed by atoms with Crippen LogP contribution in [-0.2, 0) is 0 Å². The normalized spacial score (nSPS) is 10.4. The summed E-state index contributed by atoms with van der Waals surface area (Å²) < 4.78 is 5.43. The molecule has 0 bridgehead atoms. The predicted octanol–water partition coefficient (Wildman–Crippen LogP) is 3.55. The van der Waals surface area contributed by atoms with Crippen LogP contribution in [0, 0.1) is 0 Å². The van der Waals surface area contributed by atoms with Crippen LogP contribution in [0.5, 0.6) is 0 Å². The van der Waals surface area contributed by atoms with Gasteiger partial charge in [0.1, 0.15) is 0 Å². The molecule has 94 valence electrons. The van der Waals surface area contributed by atoms with Crippen molar-refractivity contribution in [2.45, 2.75) is 0 Å². The van der Waals surface area contributed by atoms with E-state index in [1.165, 1.54) is 11.2 Å². The highest BCUT2D eigenvalue weighted by Crippen LogP contribution is 2.28. The summed E-state index contributed by atoms with van der Waals surface area (Å²) in [7, 11) is 1.63. The molecule has 2 aromatic rings. The Balaban J connectivity index is 2.37. The molecule has 0 spiro atoms. The number of nitrogens with zero attached hydrogens (tertiary/aromatic N) is 1. The standard InChI is InChI=1S/C12H10BrClN2O2/c1-16(10-6-7(14)2-3-9(10)15)12(17)8-4-5-18-11(8)13/h2-6H,15H2,1H3. The van der Waals surface area contributed by atoms with E-state index in [1.807, 2.05) is 0 Å². The lowest BCUT2D eigenvalue weighted by atomic mass is 10.2. The smallest absolute Gasteiger partial charge is 0.262 e. The number of benzene rings is 1. The van der Waals surface area contributed by atoms with Crippen LogP contribution in [0.1, 0.15) is 10.4 Å². The fourth-order valence-corrected chi connectivity index (χ4v) is 2.12. The maximum Gasteiger partial charge on any atom is 0.262 e. The Bertz CT molecular complexity index is 598. The minimum atomic E-state index is -0.232. The third-order valence-corrected chi connectivity index (χ3v) is 3.36. The highest BCUT2D eigenvalue weighted by molar-refractivity contribution is 9.10. The van der Waals surface area contributed by atoms with Gasteiger partial charge in [0.2, 0.25) is 0 Å². The van der Waals surface area contributed by atoms with E-state index in [0.717, 1.165) is 0 Å². The quantitative estimate of drug-likeness (QED) is 0.857. The monoisotopic (exact) mass is 328 g/mol. The molecule has 6 heteroatoms. The number of anilines is 2. The summed E-state index contributed by atoms with van der Waals surface area (Å²) in [6.45, 7) is 0. The van der Waals surface area contributed by atoms with E-state index < -0.39 is 0 Å². The van der Waals surface area contributed by atoms with E-state index in [9.17, 15) is 4.79 Å². The number of carbonyl (C=O) groups excluding carboxylic acids is 1. The Labute approximate surface area is 117 Å². The number of rotatable bonds is 2. The zero-order chi connectivity index (χ0) is 13.3. The first kappa shape index (κ1) is 13.0. The van der Waals surface area contributed by atoms with Crippen molar-refractivity contribution in [2.75, 3.05) is 17.7 Å². The van der Waals surface area contributed by atoms with E-state index >= 15 is 0 Å². The lowest BCUT2D eigenvalue weighted by molar-refractivity contribution is 0.0991. The van der Waals surface area contributed by atoms with E-state index in [2.05, 4.69) is 15.9 Å². The van der Waals surface area contributed by atoms with Gasteiger partial charge in [0.25, 0.3) is 5.91 Å². The molecule has 18 heavy (non-hydrogen) atoms. The van der Waals surface area contributed by atoms with Gasteiger partial charge in [-0.15, -0.1) is 0 Å². The van der Waals surface area contributed by atoms with Crippen LogP contribution in [0.2, 0.25) is 5.02 Å². The van der Waals surface area contributed by atoms with E-state index in [1.54, 1.807) is 31.3 Å². The molecule has 1 aromatic heterocycles. The summed E-state index contributed by atoms with van der Waals surface area (Å²) in [6, 6.07) is 6.56. The van der Waals surface area contributed by atoms with Crippen molar-refractivity contribution < 1.29 is 9.21 Å². The Hall–Kier alpha value is -1.46. The molecule has 0 aliphatic rings. The summed E-state index contributed by atoms with van der Waals surface area (Å²) in [5, 5.41) is 0.519. The number of amides is 1. The van der Waals surface area contributed by atoms with Gasteiger partial charge in [0, 0.05) is 12.1 Å². The molecule has 2 rings (SSSR count). The molecule has 0 unspecified atom stereocenters. The van der Waals surface area contributed by atoms with Crippen LogP contribution < -0.4 is 10.6 Å². The third-order valence-electron chi connectivity index (χ3n) is 2.51. The average molecular weight is 330 g/mol. The van der Waals surface area contributed by atoms with Gasteiger partial charge in [0.05, 0.1) is 23.2 Å². The highest BCUT2D eigenvalue weighted by atomic mass is 79.9. The molecule has 4 nitrogen and oxygen atoms in total. The molecule has 0 saturated heterocycles. The van der Waals surface area contributed by atoms with Crippen molar-refractivity contribution in [1.82, 2.24) is 0 Å². The zero-order valence-electron chi connectivity index (χ0n) is 9.48. The van der Waals surface area contributed by atoms with Crippen molar-refractivity contribution in [2.24, 2.45) is 0 Å². The van der Waals surface area contributed by atoms with E-state index in [0.29, 0.717) is 26.6 Å². The zero-order valence-corrected chi connectivity index (χ0v) is 11.8. The Morgan fingerprint density at radius 1 is 1.44 bits per heavy atom. The van der Waals surface area contributed by atoms with Gasteiger partial charge < -0.3 is 15.1 Å². The minimum absolute atomic E-state index is 0.232. The maximum absolute atomic E-state index is 12.2. The second-order valence-electron chi connectivity index (χ2n) is 3.68. The molecule has 2 N–H and O–H groups in total. The molecule has 1 aromatic carbocycles. The molecule has 0 aliphatic heterocycles.